The van der Waals surface area contributed by atoms with Crippen LogP contribution in [-0.2, 0) is 9.59 Å². The van der Waals surface area contributed by atoms with Gasteiger partial charge in [0.1, 0.15) is 0 Å². The molecule has 7 rings (SSSR count). The molecular formula is C25H22N2O3. The molecule has 5 heteroatoms. The minimum Gasteiger partial charge on any atom is -0.322 e. The van der Waals surface area contributed by atoms with Crippen molar-refractivity contribution in [3.8, 4) is 0 Å². The first kappa shape index (κ1) is 17.6. The number of hydrogen-bond acceptors (Lipinski definition) is 3. The molecule has 3 fully saturated rings. The molecular weight excluding hydrogens is 376 g/mol. The predicted molar refractivity (Wildman–Crippen MR) is 113 cm³/mol. The average Bonchev–Trinajstić information content (AvgIpc) is 3.53. The van der Waals surface area contributed by atoms with E-state index in [1.165, 1.54) is 4.90 Å². The lowest BCUT2D eigenvalue weighted by Gasteiger charge is -2.37. The maximum atomic E-state index is 13.2. The van der Waals surface area contributed by atoms with Crippen molar-refractivity contribution in [2.75, 3.05) is 10.2 Å². The Kier molecular flexibility index (Phi) is 3.61. The number of imide groups is 1. The first-order valence-corrected chi connectivity index (χ1v) is 10.6. The number of allylic oxidation sites excluding steroid dienone is 2. The third-order valence-corrected chi connectivity index (χ3v) is 7.44. The molecule has 1 aliphatic heterocycles. The molecule has 4 aliphatic carbocycles. The van der Waals surface area contributed by atoms with E-state index in [2.05, 4.69) is 17.5 Å². The minimum atomic E-state index is -0.217. The molecule has 2 saturated carbocycles. The normalized spacial score (nSPS) is 32.8. The van der Waals surface area contributed by atoms with Crippen LogP contribution in [0.2, 0.25) is 0 Å². The van der Waals surface area contributed by atoms with Crippen LogP contribution in [0.4, 0.5) is 11.4 Å². The Morgan fingerprint density at radius 2 is 1.50 bits per heavy atom. The van der Waals surface area contributed by atoms with Crippen molar-refractivity contribution in [2.24, 2.45) is 35.5 Å². The molecule has 30 heavy (non-hydrogen) atoms. The largest absolute Gasteiger partial charge is 0.322 e. The van der Waals surface area contributed by atoms with Crippen LogP contribution in [0.5, 0.6) is 0 Å². The van der Waals surface area contributed by atoms with Crippen LogP contribution < -0.4 is 10.2 Å². The van der Waals surface area contributed by atoms with Gasteiger partial charge in [0.25, 0.3) is 5.91 Å². The highest BCUT2D eigenvalue weighted by Gasteiger charge is 2.67. The highest BCUT2D eigenvalue weighted by Crippen LogP contribution is 2.65. The van der Waals surface area contributed by atoms with Gasteiger partial charge < -0.3 is 5.32 Å². The summed E-state index contributed by atoms with van der Waals surface area (Å²) in [5.74, 6) is 0.817. The zero-order valence-electron chi connectivity index (χ0n) is 16.6. The van der Waals surface area contributed by atoms with Crippen LogP contribution >= 0.6 is 0 Å². The number of amides is 3. The number of nitrogens with one attached hydrogen (secondary N) is 1. The molecule has 6 atom stereocenters. The number of benzene rings is 2. The predicted octanol–water partition coefficient (Wildman–Crippen LogP) is 3.80. The van der Waals surface area contributed by atoms with Crippen LogP contribution in [-0.4, -0.2) is 17.7 Å². The Balaban J connectivity index is 1.24. The second kappa shape index (κ2) is 6.14. The van der Waals surface area contributed by atoms with Gasteiger partial charge in [-0.1, -0.05) is 30.4 Å². The molecule has 150 valence electrons. The fourth-order valence-electron chi connectivity index (χ4n) is 5.88. The van der Waals surface area contributed by atoms with E-state index in [-0.39, 0.29) is 41.4 Å². The van der Waals surface area contributed by atoms with E-state index in [0.29, 0.717) is 23.1 Å². The van der Waals surface area contributed by atoms with Crippen molar-refractivity contribution < 1.29 is 14.4 Å². The van der Waals surface area contributed by atoms with E-state index < -0.39 is 0 Å². The number of nitrogens with zero attached hydrogens (tertiary/aromatic N) is 1. The summed E-state index contributed by atoms with van der Waals surface area (Å²) in [6, 6.07) is 14.4. The van der Waals surface area contributed by atoms with Crippen LogP contribution in [0.1, 0.15) is 22.3 Å². The summed E-state index contributed by atoms with van der Waals surface area (Å²) in [4.78, 5) is 40.3. The van der Waals surface area contributed by atoms with E-state index in [0.717, 1.165) is 17.7 Å². The molecule has 2 aromatic rings. The standard InChI is InChI=1S/C25H22N2O3/c1-13-4-2-3-5-20(13)26-23(28)14-6-8-15(9-7-14)27-24(29)21-16-10-11-17(19-12-18(16)19)22(21)25(27)30/h2-11,16-19,21-22H,12H2,1H3,(H,26,28)/t16-,17+,18-,19-,21+,22-/m1/s1. The number of aryl methyl sites for hydroxylation is 1. The number of rotatable bonds is 3. The fourth-order valence-corrected chi connectivity index (χ4v) is 5.88. The van der Waals surface area contributed by atoms with Crippen molar-refractivity contribution in [1.82, 2.24) is 0 Å². The molecule has 2 bridgehead atoms. The molecule has 0 unspecified atom stereocenters. The number of carbonyl (C=O) groups is 3. The van der Waals surface area contributed by atoms with Gasteiger partial charge in [0.2, 0.25) is 11.8 Å². The summed E-state index contributed by atoms with van der Waals surface area (Å²) in [5.41, 5.74) is 2.79. The third kappa shape index (κ3) is 2.38. The van der Waals surface area contributed by atoms with Crippen molar-refractivity contribution >= 4 is 29.1 Å². The Morgan fingerprint density at radius 1 is 0.900 bits per heavy atom. The Labute approximate surface area is 174 Å². The lowest BCUT2D eigenvalue weighted by Crippen LogP contribution is -2.40. The van der Waals surface area contributed by atoms with Crippen LogP contribution in [0.25, 0.3) is 0 Å². The fraction of sp³-hybridized carbons (Fsp3) is 0.320. The molecule has 1 heterocycles. The van der Waals surface area contributed by atoms with Gasteiger partial charge in [0.05, 0.1) is 17.5 Å². The van der Waals surface area contributed by atoms with Gasteiger partial charge in [0, 0.05) is 11.3 Å². The van der Waals surface area contributed by atoms with Crippen molar-refractivity contribution in [2.45, 2.75) is 13.3 Å². The van der Waals surface area contributed by atoms with Gasteiger partial charge in [0.15, 0.2) is 0 Å². The number of anilines is 2. The van der Waals surface area contributed by atoms with E-state index in [1.54, 1.807) is 24.3 Å². The molecule has 1 saturated heterocycles. The minimum absolute atomic E-state index is 0.0770. The van der Waals surface area contributed by atoms with E-state index in [1.807, 2.05) is 31.2 Å². The van der Waals surface area contributed by atoms with Crippen LogP contribution in [0.15, 0.2) is 60.7 Å². The summed E-state index contributed by atoms with van der Waals surface area (Å²) in [5, 5.41) is 2.91. The molecule has 2 aromatic carbocycles. The number of para-hydroxylation sites is 1. The lowest BCUT2D eigenvalue weighted by atomic mass is 9.63. The van der Waals surface area contributed by atoms with Crippen molar-refractivity contribution in [3.05, 3.63) is 71.8 Å². The third-order valence-electron chi connectivity index (χ3n) is 7.44. The van der Waals surface area contributed by atoms with Crippen LogP contribution in [0, 0.1) is 42.4 Å². The average molecular weight is 398 g/mol. The van der Waals surface area contributed by atoms with Crippen molar-refractivity contribution in [1.29, 1.82) is 0 Å². The molecule has 0 radical (unpaired) electrons. The first-order valence-electron chi connectivity index (χ1n) is 10.6. The van der Waals surface area contributed by atoms with Gasteiger partial charge in [-0.25, -0.2) is 0 Å². The topological polar surface area (TPSA) is 66.5 Å². The second-order valence-corrected chi connectivity index (χ2v) is 8.98. The smallest absolute Gasteiger partial charge is 0.255 e. The number of hydrogen-bond donors (Lipinski definition) is 1. The van der Waals surface area contributed by atoms with Crippen LogP contribution in [0.3, 0.4) is 0 Å². The zero-order valence-corrected chi connectivity index (χ0v) is 16.6. The lowest BCUT2D eigenvalue weighted by molar-refractivity contribution is -0.124. The Hall–Kier alpha value is -3.21. The monoisotopic (exact) mass is 398 g/mol. The van der Waals surface area contributed by atoms with Gasteiger partial charge >= 0.3 is 0 Å². The van der Waals surface area contributed by atoms with Gasteiger partial charge in [-0.2, -0.15) is 0 Å². The van der Waals surface area contributed by atoms with Crippen molar-refractivity contribution in [3.63, 3.8) is 0 Å². The maximum Gasteiger partial charge on any atom is 0.255 e. The highest BCUT2D eigenvalue weighted by molar-refractivity contribution is 6.22. The summed E-state index contributed by atoms with van der Waals surface area (Å²) in [6.45, 7) is 1.94. The summed E-state index contributed by atoms with van der Waals surface area (Å²) in [7, 11) is 0. The summed E-state index contributed by atoms with van der Waals surface area (Å²) in [6.07, 6.45) is 5.50. The Bertz CT molecular complexity index is 1080. The first-order chi connectivity index (χ1) is 14.5. The quantitative estimate of drug-likeness (QED) is 0.632. The summed E-state index contributed by atoms with van der Waals surface area (Å²) >= 11 is 0. The van der Waals surface area contributed by atoms with Gasteiger partial charge in [-0.3, -0.25) is 19.3 Å². The molecule has 0 aromatic heterocycles. The SMILES string of the molecule is Cc1ccccc1NC(=O)c1ccc(N2C(=O)[C@@H]3[C@H]4C=C[C@H]([C@H]5C[C@H]45)[C@@H]3C2=O)cc1. The number of carbonyl (C=O) groups excluding carboxylic acids is 3. The van der Waals surface area contributed by atoms with E-state index in [9.17, 15) is 14.4 Å². The highest BCUT2D eigenvalue weighted by atomic mass is 16.2. The molecule has 5 aliphatic rings. The van der Waals surface area contributed by atoms with E-state index >= 15 is 0 Å². The van der Waals surface area contributed by atoms with E-state index in [4.69, 9.17) is 0 Å². The maximum absolute atomic E-state index is 13.2. The molecule has 1 N–H and O–H groups in total. The van der Waals surface area contributed by atoms with Gasteiger partial charge in [-0.05, 0) is 72.9 Å². The van der Waals surface area contributed by atoms with Gasteiger partial charge in [-0.15, -0.1) is 0 Å². The molecule has 0 spiro atoms. The zero-order chi connectivity index (χ0) is 20.6. The summed E-state index contributed by atoms with van der Waals surface area (Å²) < 4.78 is 0. The Morgan fingerprint density at radius 3 is 2.10 bits per heavy atom. The molecule has 3 amide bonds. The molecule has 5 nitrogen and oxygen atoms in total. The second-order valence-electron chi connectivity index (χ2n) is 8.98.